The number of carbonyl (C=O) groups excluding carboxylic acids is 3. The van der Waals surface area contributed by atoms with Crippen LogP contribution in [0.4, 0.5) is 0 Å². The Morgan fingerprint density at radius 2 is 2.00 bits per heavy atom. The molecule has 6 nitrogen and oxygen atoms in total. The number of amides is 3. The third-order valence-electron chi connectivity index (χ3n) is 5.97. The van der Waals surface area contributed by atoms with Gasteiger partial charge in [0, 0.05) is 11.5 Å². The highest BCUT2D eigenvalue weighted by Crippen LogP contribution is 2.59. The van der Waals surface area contributed by atoms with Gasteiger partial charge in [0.2, 0.25) is 0 Å². The SMILES string of the molecule is COc1cccc(C(=O)NN2C(=O)[C@H]3CC[C@](C)(C2=O)C3(C)C)c1. The van der Waals surface area contributed by atoms with Crippen LogP contribution in [0.15, 0.2) is 24.3 Å². The zero-order valence-corrected chi connectivity index (χ0v) is 14.4. The molecule has 1 saturated heterocycles. The molecule has 0 spiro atoms. The van der Waals surface area contributed by atoms with Crippen LogP contribution in [0, 0.1) is 16.7 Å². The van der Waals surface area contributed by atoms with Crippen LogP contribution in [0.25, 0.3) is 0 Å². The Kier molecular flexibility index (Phi) is 3.66. The topological polar surface area (TPSA) is 75.7 Å². The molecule has 1 aromatic carbocycles. The van der Waals surface area contributed by atoms with Gasteiger partial charge in [0.15, 0.2) is 0 Å². The average molecular weight is 330 g/mol. The fourth-order valence-electron chi connectivity index (χ4n) is 3.85. The molecule has 0 unspecified atom stereocenters. The molecule has 1 aliphatic carbocycles. The monoisotopic (exact) mass is 330 g/mol. The quantitative estimate of drug-likeness (QED) is 0.862. The Hall–Kier alpha value is -2.37. The first-order valence-corrected chi connectivity index (χ1v) is 8.06. The van der Waals surface area contributed by atoms with E-state index < -0.39 is 16.7 Å². The number of hydrogen-bond acceptors (Lipinski definition) is 4. The van der Waals surface area contributed by atoms with Gasteiger partial charge in [-0.15, -0.1) is 0 Å². The molecular formula is C18H22N2O4. The summed E-state index contributed by atoms with van der Waals surface area (Å²) >= 11 is 0. The Bertz CT molecular complexity index is 727. The largest absolute Gasteiger partial charge is 0.497 e. The minimum atomic E-state index is -0.646. The second-order valence-electron chi connectivity index (χ2n) is 7.30. The molecule has 0 radical (unpaired) electrons. The molecule has 3 rings (SSSR count). The summed E-state index contributed by atoms with van der Waals surface area (Å²) < 4.78 is 5.10. The van der Waals surface area contributed by atoms with E-state index in [-0.39, 0.29) is 17.7 Å². The van der Waals surface area contributed by atoms with E-state index in [4.69, 9.17) is 4.74 Å². The van der Waals surface area contributed by atoms with Gasteiger partial charge in [-0.25, -0.2) is 0 Å². The van der Waals surface area contributed by atoms with Gasteiger partial charge in [-0.2, -0.15) is 5.01 Å². The van der Waals surface area contributed by atoms with Crippen molar-refractivity contribution in [2.75, 3.05) is 7.11 Å². The van der Waals surface area contributed by atoms with Crippen molar-refractivity contribution in [2.45, 2.75) is 33.6 Å². The lowest BCUT2D eigenvalue weighted by molar-refractivity contribution is -0.171. The van der Waals surface area contributed by atoms with Crippen molar-refractivity contribution >= 4 is 17.7 Å². The van der Waals surface area contributed by atoms with Crippen LogP contribution in [-0.4, -0.2) is 29.8 Å². The lowest BCUT2D eigenvalue weighted by atomic mass is 9.63. The van der Waals surface area contributed by atoms with E-state index in [9.17, 15) is 14.4 Å². The van der Waals surface area contributed by atoms with Gasteiger partial charge in [0.1, 0.15) is 5.75 Å². The fourth-order valence-corrected chi connectivity index (χ4v) is 3.85. The van der Waals surface area contributed by atoms with Crippen molar-refractivity contribution in [3.8, 4) is 5.75 Å². The molecule has 128 valence electrons. The summed E-state index contributed by atoms with van der Waals surface area (Å²) in [6.07, 6.45) is 1.32. The van der Waals surface area contributed by atoms with Gasteiger partial charge < -0.3 is 4.74 Å². The molecule has 0 aromatic heterocycles. The van der Waals surface area contributed by atoms with E-state index >= 15 is 0 Å². The summed E-state index contributed by atoms with van der Waals surface area (Å²) in [5.41, 5.74) is 1.77. The molecule has 2 atom stereocenters. The number of rotatable bonds is 3. The standard InChI is InChI=1S/C18H22N2O4/c1-17(2)13-8-9-18(17,3)16(23)20(15(13)22)19-14(21)11-6-5-7-12(10-11)24-4/h5-7,10,13H,8-9H2,1-4H3,(H,19,21)/t13-,18-/m1/s1. The number of nitrogens with one attached hydrogen (secondary N) is 1. The summed E-state index contributed by atoms with van der Waals surface area (Å²) in [7, 11) is 1.51. The average Bonchev–Trinajstić information content (AvgIpc) is 2.76. The van der Waals surface area contributed by atoms with Crippen molar-refractivity contribution in [1.82, 2.24) is 10.4 Å². The number of methoxy groups -OCH3 is 1. The third-order valence-corrected chi connectivity index (χ3v) is 5.97. The number of hydrazine groups is 1. The highest BCUT2D eigenvalue weighted by atomic mass is 16.5. The molecule has 1 aliphatic heterocycles. The number of imide groups is 1. The summed E-state index contributed by atoms with van der Waals surface area (Å²) in [5, 5.41) is 0.921. The molecule has 6 heteroatoms. The highest BCUT2D eigenvalue weighted by Gasteiger charge is 2.64. The number of nitrogens with zero attached hydrogens (tertiary/aromatic N) is 1. The maximum atomic E-state index is 12.9. The molecule has 2 bridgehead atoms. The van der Waals surface area contributed by atoms with E-state index in [1.807, 2.05) is 20.8 Å². The minimum Gasteiger partial charge on any atom is -0.497 e. The van der Waals surface area contributed by atoms with E-state index in [1.54, 1.807) is 24.3 Å². The van der Waals surface area contributed by atoms with Gasteiger partial charge in [-0.3, -0.25) is 19.8 Å². The molecule has 1 heterocycles. The summed E-state index contributed by atoms with van der Waals surface area (Å²) in [6, 6.07) is 6.57. The van der Waals surface area contributed by atoms with Gasteiger partial charge in [0.25, 0.3) is 17.7 Å². The van der Waals surface area contributed by atoms with Crippen molar-refractivity contribution in [3.63, 3.8) is 0 Å². The molecule has 3 amide bonds. The van der Waals surface area contributed by atoms with E-state index in [1.165, 1.54) is 7.11 Å². The second-order valence-corrected chi connectivity index (χ2v) is 7.30. The van der Waals surface area contributed by atoms with E-state index in [2.05, 4.69) is 5.43 Å². The van der Waals surface area contributed by atoms with Crippen LogP contribution in [0.2, 0.25) is 0 Å². The first-order chi connectivity index (χ1) is 11.2. The van der Waals surface area contributed by atoms with Crippen LogP contribution in [0.5, 0.6) is 5.75 Å². The molecule has 2 aliphatic rings. The summed E-state index contributed by atoms with van der Waals surface area (Å²) in [6.45, 7) is 5.80. The maximum Gasteiger partial charge on any atom is 0.270 e. The molecule has 24 heavy (non-hydrogen) atoms. The fraction of sp³-hybridized carbons (Fsp3) is 0.500. The predicted octanol–water partition coefficient (Wildman–Crippen LogP) is 2.15. The van der Waals surface area contributed by atoms with Crippen LogP contribution in [0.1, 0.15) is 44.0 Å². The first kappa shape index (κ1) is 16.5. The van der Waals surface area contributed by atoms with Gasteiger partial charge in [-0.05, 0) is 36.5 Å². The third kappa shape index (κ3) is 2.12. The van der Waals surface area contributed by atoms with Crippen molar-refractivity contribution in [1.29, 1.82) is 0 Å². The molecule has 1 saturated carbocycles. The molecule has 1 aromatic rings. The minimum absolute atomic E-state index is 0.259. The Morgan fingerprint density at radius 3 is 2.67 bits per heavy atom. The Labute approximate surface area is 141 Å². The summed E-state index contributed by atoms with van der Waals surface area (Å²) in [4.78, 5) is 38.1. The number of benzene rings is 1. The first-order valence-electron chi connectivity index (χ1n) is 8.06. The molecule has 2 fully saturated rings. The lowest BCUT2D eigenvalue weighted by Crippen LogP contribution is -2.63. The van der Waals surface area contributed by atoms with Crippen molar-refractivity contribution in [2.24, 2.45) is 16.7 Å². The van der Waals surface area contributed by atoms with Crippen molar-refractivity contribution in [3.05, 3.63) is 29.8 Å². The van der Waals surface area contributed by atoms with Crippen molar-refractivity contribution < 1.29 is 19.1 Å². The smallest absolute Gasteiger partial charge is 0.270 e. The number of fused-ring (bicyclic) bond motifs is 2. The second kappa shape index (κ2) is 5.33. The Balaban J connectivity index is 1.87. The molecule has 1 N–H and O–H groups in total. The Morgan fingerprint density at radius 1 is 1.29 bits per heavy atom. The predicted molar refractivity (Wildman–Crippen MR) is 86.9 cm³/mol. The highest BCUT2D eigenvalue weighted by molar-refractivity contribution is 6.06. The van der Waals surface area contributed by atoms with Crippen LogP contribution < -0.4 is 10.2 Å². The number of piperidine rings is 1. The zero-order chi connectivity index (χ0) is 17.7. The van der Waals surface area contributed by atoms with Gasteiger partial charge in [0.05, 0.1) is 12.5 Å². The maximum absolute atomic E-state index is 12.9. The van der Waals surface area contributed by atoms with Crippen LogP contribution >= 0.6 is 0 Å². The van der Waals surface area contributed by atoms with Gasteiger partial charge >= 0.3 is 0 Å². The number of carbonyl (C=O) groups is 3. The molecular weight excluding hydrogens is 308 g/mol. The number of ether oxygens (including phenoxy) is 1. The normalized spacial score (nSPS) is 28.0. The van der Waals surface area contributed by atoms with Crippen LogP contribution in [0.3, 0.4) is 0 Å². The zero-order valence-electron chi connectivity index (χ0n) is 14.4. The number of hydrogen-bond donors (Lipinski definition) is 1. The van der Waals surface area contributed by atoms with Gasteiger partial charge in [-0.1, -0.05) is 26.8 Å². The van der Waals surface area contributed by atoms with E-state index in [0.29, 0.717) is 24.2 Å². The summed E-state index contributed by atoms with van der Waals surface area (Å²) in [5.74, 6) is -0.880. The lowest BCUT2D eigenvalue weighted by Gasteiger charge is -2.47. The van der Waals surface area contributed by atoms with E-state index in [0.717, 1.165) is 5.01 Å². The van der Waals surface area contributed by atoms with Crippen LogP contribution in [-0.2, 0) is 9.59 Å².